The van der Waals surface area contributed by atoms with Crippen LogP contribution in [0, 0.1) is 6.92 Å². The molecule has 0 spiro atoms. The number of aromatic nitrogens is 3. The summed E-state index contributed by atoms with van der Waals surface area (Å²) in [5.41, 5.74) is 2.99. The van der Waals surface area contributed by atoms with Crippen LogP contribution in [0.1, 0.15) is 28.5 Å². The van der Waals surface area contributed by atoms with Crippen LogP contribution < -0.4 is 5.32 Å². The Labute approximate surface area is 154 Å². The number of methoxy groups -OCH3 is 1. The number of rotatable bonds is 6. The lowest BCUT2D eigenvalue weighted by molar-refractivity contribution is 0.0598. The molecule has 1 aromatic carbocycles. The van der Waals surface area contributed by atoms with Crippen molar-refractivity contribution in [3.05, 3.63) is 41.1 Å². The predicted octanol–water partition coefficient (Wildman–Crippen LogP) is 3.91. The summed E-state index contributed by atoms with van der Waals surface area (Å²) in [4.78, 5) is 17.0. The van der Waals surface area contributed by atoms with E-state index in [1.807, 2.05) is 38.1 Å². The zero-order valence-electron chi connectivity index (χ0n) is 14.2. The van der Waals surface area contributed by atoms with E-state index in [2.05, 4.69) is 20.5 Å². The first-order chi connectivity index (χ1) is 12.1. The summed E-state index contributed by atoms with van der Waals surface area (Å²) in [7, 11) is 1.39. The minimum Gasteiger partial charge on any atom is -0.465 e. The Kier molecular flexibility index (Phi) is 5.50. The zero-order valence-corrected chi connectivity index (χ0v) is 15.8. The Morgan fingerprint density at radius 1 is 1.32 bits per heavy atom. The number of anilines is 1. The Morgan fingerprint density at radius 2 is 2.12 bits per heavy atom. The quantitative estimate of drug-likeness (QED) is 0.518. The topological polar surface area (TPSA) is 77.0 Å². The summed E-state index contributed by atoms with van der Waals surface area (Å²) < 4.78 is 5.80. The maximum Gasteiger partial charge on any atom is 0.340 e. The van der Waals surface area contributed by atoms with E-state index in [4.69, 9.17) is 4.74 Å². The molecule has 2 heterocycles. The van der Waals surface area contributed by atoms with E-state index >= 15 is 0 Å². The molecule has 0 aliphatic carbocycles. The van der Waals surface area contributed by atoms with Gasteiger partial charge in [0.1, 0.15) is 0 Å². The minimum absolute atomic E-state index is 0.364. The number of hydrogen-bond acceptors (Lipinski definition) is 8. The lowest BCUT2D eigenvalue weighted by Gasteiger charge is -2.12. The maximum atomic E-state index is 12.3. The van der Waals surface area contributed by atoms with Gasteiger partial charge < -0.3 is 10.1 Å². The minimum atomic E-state index is -0.364. The molecular weight excluding hydrogens is 356 g/mol. The van der Waals surface area contributed by atoms with Gasteiger partial charge in [0, 0.05) is 17.7 Å². The van der Waals surface area contributed by atoms with Crippen molar-refractivity contribution in [3.63, 3.8) is 0 Å². The van der Waals surface area contributed by atoms with Gasteiger partial charge in [-0.25, -0.2) is 4.79 Å². The van der Waals surface area contributed by atoms with Crippen molar-refractivity contribution in [1.82, 2.24) is 15.2 Å². The fourth-order valence-electron chi connectivity index (χ4n) is 2.54. The van der Waals surface area contributed by atoms with Crippen molar-refractivity contribution in [2.24, 2.45) is 0 Å². The first kappa shape index (κ1) is 17.6. The van der Waals surface area contributed by atoms with Gasteiger partial charge in [0.25, 0.3) is 0 Å². The molecule has 0 saturated heterocycles. The Bertz CT molecular complexity index is 911. The average molecular weight is 374 g/mol. The van der Waals surface area contributed by atoms with Crippen LogP contribution in [-0.4, -0.2) is 34.8 Å². The van der Waals surface area contributed by atoms with Gasteiger partial charge in [0.15, 0.2) is 4.34 Å². The molecule has 0 bridgehead atoms. The second-order valence-corrected chi connectivity index (χ2v) is 7.46. The number of benzene rings is 1. The smallest absolute Gasteiger partial charge is 0.340 e. The molecule has 6 nitrogen and oxygen atoms in total. The standard InChI is InChI=1S/C17H18N4O2S2/c1-4-18-16-20-21-17(25-16)24-9-13-14(15(22)23-3)10(2)11-7-5-6-8-12(11)19-13/h5-8H,4,9H2,1-3H3,(H,18,20). The molecular formula is C17H18N4O2S2. The van der Waals surface area contributed by atoms with Crippen molar-refractivity contribution in [3.8, 4) is 0 Å². The van der Waals surface area contributed by atoms with Crippen molar-refractivity contribution in [2.45, 2.75) is 23.9 Å². The molecule has 2 aromatic heterocycles. The largest absolute Gasteiger partial charge is 0.465 e. The molecule has 1 N–H and O–H groups in total. The molecule has 0 atom stereocenters. The number of ether oxygens (including phenoxy) is 1. The van der Waals surface area contributed by atoms with Gasteiger partial charge in [-0.3, -0.25) is 4.98 Å². The maximum absolute atomic E-state index is 12.3. The number of carbonyl (C=O) groups excluding carboxylic acids is 1. The number of aryl methyl sites for hydroxylation is 1. The van der Waals surface area contributed by atoms with Gasteiger partial charge in [0.2, 0.25) is 5.13 Å². The van der Waals surface area contributed by atoms with Crippen LogP contribution >= 0.6 is 23.1 Å². The van der Waals surface area contributed by atoms with E-state index in [1.165, 1.54) is 30.2 Å². The van der Waals surface area contributed by atoms with Crippen molar-refractivity contribution in [2.75, 3.05) is 19.0 Å². The third-order valence-electron chi connectivity index (χ3n) is 3.68. The molecule has 3 rings (SSSR count). The van der Waals surface area contributed by atoms with Crippen LogP contribution in [0.25, 0.3) is 10.9 Å². The molecule has 8 heteroatoms. The highest BCUT2D eigenvalue weighted by Crippen LogP contribution is 2.31. The molecule has 0 fully saturated rings. The number of para-hydroxylation sites is 1. The van der Waals surface area contributed by atoms with Crippen LogP contribution in [0.3, 0.4) is 0 Å². The fraction of sp³-hybridized carbons (Fsp3) is 0.294. The number of nitrogens with one attached hydrogen (secondary N) is 1. The van der Waals surface area contributed by atoms with Gasteiger partial charge in [-0.2, -0.15) is 0 Å². The summed E-state index contributed by atoms with van der Waals surface area (Å²) in [5.74, 6) is 0.161. The Morgan fingerprint density at radius 3 is 2.88 bits per heavy atom. The van der Waals surface area contributed by atoms with Gasteiger partial charge in [-0.1, -0.05) is 41.3 Å². The Hall–Kier alpha value is -2.19. The van der Waals surface area contributed by atoms with Gasteiger partial charge in [-0.05, 0) is 25.5 Å². The number of thioether (sulfide) groups is 1. The number of carbonyl (C=O) groups is 1. The average Bonchev–Trinajstić information content (AvgIpc) is 3.07. The zero-order chi connectivity index (χ0) is 17.8. The van der Waals surface area contributed by atoms with Crippen molar-refractivity contribution >= 4 is 45.1 Å². The van der Waals surface area contributed by atoms with Crippen LogP contribution in [0.15, 0.2) is 28.6 Å². The van der Waals surface area contributed by atoms with Crippen LogP contribution in [0.5, 0.6) is 0 Å². The van der Waals surface area contributed by atoms with Crippen LogP contribution in [-0.2, 0) is 10.5 Å². The summed E-state index contributed by atoms with van der Waals surface area (Å²) >= 11 is 3.00. The summed E-state index contributed by atoms with van der Waals surface area (Å²) in [6.07, 6.45) is 0. The molecule has 0 saturated carbocycles. The number of fused-ring (bicyclic) bond motifs is 1. The van der Waals surface area contributed by atoms with E-state index in [9.17, 15) is 4.79 Å². The lowest BCUT2D eigenvalue weighted by Crippen LogP contribution is -2.10. The highest BCUT2D eigenvalue weighted by molar-refractivity contribution is 8.00. The van der Waals surface area contributed by atoms with Crippen molar-refractivity contribution in [1.29, 1.82) is 0 Å². The predicted molar refractivity (Wildman–Crippen MR) is 101 cm³/mol. The summed E-state index contributed by atoms with van der Waals surface area (Å²) in [5, 5.41) is 13.1. The fourth-order valence-corrected chi connectivity index (χ4v) is 4.30. The molecule has 3 aromatic rings. The Balaban J connectivity index is 1.94. The first-order valence-corrected chi connectivity index (χ1v) is 9.61. The second kappa shape index (κ2) is 7.79. The number of esters is 1. The van der Waals surface area contributed by atoms with Gasteiger partial charge >= 0.3 is 5.97 Å². The second-order valence-electron chi connectivity index (χ2n) is 5.26. The third kappa shape index (κ3) is 3.74. The van der Waals surface area contributed by atoms with E-state index < -0.39 is 0 Å². The molecule has 130 valence electrons. The number of pyridine rings is 1. The summed E-state index contributed by atoms with van der Waals surface area (Å²) in [6.45, 7) is 4.74. The lowest BCUT2D eigenvalue weighted by atomic mass is 10.0. The van der Waals surface area contributed by atoms with Crippen molar-refractivity contribution < 1.29 is 9.53 Å². The number of hydrogen-bond donors (Lipinski definition) is 1. The first-order valence-electron chi connectivity index (χ1n) is 7.80. The highest BCUT2D eigenvalue weighted by atomic mass is 32.2. The summed E-state index contributed by atoms with van der Waals surface area (Å²) in [6, 6.07) is 7.80. The van der Waals surface area contributed by atoms with E-state index in [0.29, 0.717) is 17.0 Å². The molecule has 0 radical (unpaired) electrons. The normalized spacial score (nSPS) is 10.8. The molecule has 0 aliphatic rings. The third-order valence-corrected chi connectivity index (χ3v) is 5.71. The van der Waals surface area contributed by atoms with Crippen LogP contribution in [0.4, 0.5) is 5.13 Å². The molecule has 25 heavy (non-hydrogen) atoms. The number of nitrogens with zero attached hydrogens (tertiary/aromatic N) is 3. The highest BCUT2D eigenvalue weighted by Gasteiger charge is 2.20. The van der Waals surface area contributed by atoms with Gasteiger partial charge in [0.05, 0.1) is 23.9 Å². The van der Waals surface area contributed by atoms with Crippen LogP contribution in [0.2, 0.25) is 0 Å². The van der Waals surface area contributed by atoms with E-state index in [0.717, 1.165) is 32.5 Å². The SMILES string of the molecule is CCNc1nnc(SCc2nc3ccccc3c(C)c2C(=O)OC)s1. The molecule has 0 aliphatic heterocycles. The van der Waals surface area contributed by atoms with Gasteiger partial charge in [-0.15, -0.1) is 10.2 Å². The molecule has 0 amide bonds. The monoisotopic (exact) mass is 374 g/mol. The van der Waals surface area contributed by atoms with E-state index in [-0.39, 0.29) is 5.97 Å². The molecule has 0 unspecified atom stereocenters. The van der Waals surface area contributed by atoms with E-state index in [1.54, 1.807) is 0 Å².